The van der Waals surface area contributed by atoms with Crippen LogP contribution in [0.4, 0.5) is 4.39 Å². The third-order valence-electron chi connectivity index (χ3n) is 4.35. The summed E-state index contributed by atoms with van der Waals surface area (Å²) in [6, 6.07) is 16.3. The molecule has 0 fully saturated rings. The van der Waals surface area contributed by atoms with Crippen LogP contribution in [0, 0.1) is 5.82 Å². The molecular weight excluding hydrogens is 375 g/mol. The minimum Gasteiger partial charge on any atom is -0.353 e. The molecule has 1 N–H and O–H groups in total. The van der Waals surface area contributed by atoms with Gasteiger partial charge in [0.1, 0.15) is 5.82 Å². The monoisotopic (exact) mass is 398 g/mol. The van der Waals surface area contributed by atoms with Crippen LogP contribution >= 0.6 is 11.8 Å². The number of rotatable bonds is 8. The summed E-state index contributed by atoms with van der Waals surface area (Å²) in [5.41, 5.74) is 1.87. The number of nitrogens with zero attached hydrogens (tertiary/aromatic N) is 3. The highest BCUT2D eigenvalue weighted by Gasteiger charge is 2.16. The second kappa shape index (κ2) is 9.50. The Morgan fingerprint density at radius 3 is 2.54 bits per heavy atom. The van der Waals surface area contributed by atoms with Crippen molar-refractivity contribution in [1.82, 2.24) is 20.1 Å². The molecule has 2 aromatic carbocycles. The van der Waals surface area contributed by atoms with E-state index in [1.54, 1.807) is 12.1 Å². The van der Waals surface area contributed by atoms with Crippen molar-refractivity contribution >= 4 is 17.7 Å². The molecule has 0 saturated carbocycles. The zero-order chi connectivity index (χ0) is 19.9. The molecule has 1 aromatic heterocycles. The highest BCUT2D eigenvalue weighted by Crippen LogP contribution is 2.25. The molecule has 5 nitrogen and oxygen atoms in total. The molecule has 0 aliphatic heterocycles. The van der Waals surface area contributed by atoms with Gasteiger partial charge in [-0.05, 0) is 43.2 Å². The fourth-order valence-corrected chi connectivity index (χ4v) is 3.41. The summed E-state index contributed by atoms with van der Waals surface area (Å²) in [6.45, 7) is 4.58. The van der Waals surface area contributed by atoms with Gasteiger partial charge in [0.25, 0.3) is 0 Å². The number of thioether (sulfide) groups is 1. The number of hydrogen-bond acceptors (Lipinski definition) is 4. The van der Waals surface area contributed by atoms with Crippen LogP contribution in [-0.4, -0.2) is 32.5 Å². The predicted molar refractivity (Wildman–Crippen MR) is 110 cm³/mol. The third-order valence-corrected chi connectivity index (χ3v) is 5.32. The lowest BCUT2D eigenvalue weighted by Crippen LogP contribution is -2.33. The number of halogens is 1. The van der Waals surface area contributed by atoms with Gasteiger partial charge >= 0.3 is 0 Å². The lowest BCUT2D eigenvalue weighted by molar-refractivity contribution is -0.119. The second-order valence-corrected chi connectivity index (χ2v) is 7.49. The number of hydrogen-bond donors (Lipinski definition) is 1. The molecule has 0 spiro atoms. The molecule has 0 saturated heterocycles. The zero-order valence-electron chi connectivity index (χ0n) is 15.9. The Morgan fingerprint density at radius 2 is 1.86 bits per heavy atom. The minimum atomic E-state index is -0.297. The van der Waals surface area contributed by atoms with Crippen molar-refractivity contribution in [2.45, 2.75) is 38.0 Å². The molecule has 1 amide bonds. The highest BCUT2D eigenvalue weighted by atomic mass is 32.2. The van der Waals surface area contributed by atoms with Crippen molar-refractivity contribution in [2.24, 2.45) is 0 Å². The minimum absolute atomic E-state index is 0.0306. The summed E-state index contributed by atoms with van der Waals surface area (Å²) >= 11 is 1.35. The van der Waals surface area contributed by atoms with Crippen LogP contribution in [0.2, 0.25) is 0 Å². The summed E-state index contributed by atoms with van der Waals surface area (Å²) < 4.78 is 15.3. The van der Waals surface area contributed by atoms with Crippen molar-refractivity contribution in [1.29, 1.82) is 0 Å². The molecule has 1 heterocycles. The van der Waals surface area contributed by atoms with Gasteiger partial charge < -0.3 is 5.32 Å². The molecule has 1 atom stereocenters. The number of benzene rings is 2. The summed E-state index contributed by atoms with van der Waals surface area (Å²) in [7, 11) is 0. The summed E-state index contributed by atoms with van der Waals surface area (Å²) in [6.07, 6.45) is 0.884. The first-order valence-electron chi connectivity index (χ1n) is 9.22. The van der Waals surface area contributed by atoms with E-state index in [0.717, 1.165) is 17.5 Å². The Morgan fingerprint density at radius 1 is 1.14 bits per heavy atom. The molecule has 28 heavy (non-hydrogen) atoms. The van der Waals surface area contributed by atoms with Gasteiger partial charge in [-0.25, -0.2) is 4.39 Å². The maximum atomic E-state index is 13.3. The number of carbonyl (C=O) groups excluding carboxylic acids is 1. The van der Waals surface area contributed by atoms with Crippen molar-refractivity contribution in [3.05, 3.63) is 66.0 Å². The fourth-order valence-electron chi connectivity index (χ4n) is 2.67. The van der Waals surface area contributed by atoms with Gasteiger partial charge in [-0.15, -0.1) is 10.2 Å². The Balaban J connectivity index is 1.85. The van der Waals surface area contributed by atoms with Gasteiger partial charge in [0.05, 0.1) is 12.3 Å². The van der Waals surface area contributed by atoms with Crippen LogP contribution in [0.5, 0.6) is 0 Å². The molecular formula is C21H23FN4OS. The maximum absolute atomic E-state index is 13.3. The predicted octanol–water partition coefficient (Wildman–Crippen LogP) is 4.14. The standard InChI is InChI=1S/C21H23FN4OS/c1-3-15(2)23-19(27)14-28-21-25-24-20(17-9-11-18(22)12-10-17)26(21)13-16-7-5-4-6-8-16/h4-12,15H,3,13-14H2,1-2H3,(H,23,27). The first-order chi connectivity index (χ1) is 13.6. The van der Waals surface area contributed by atoms with E-state index in [2.05, 4.69) is 15.5 Å². The van der Waals surface area contributed by atoms with Gasteiger partial charge in [-0.2, -0.15) is 0 Å². The molecule has 0 aliphatic rings. The molecule has 0 aliphatic carbocycles. The molecule has 1 unspecified atom stereocenters. The van der Waals surface area contributed by atoms with Crippen LogP contribution < -0.4 is 5.32 Å². The Labute approximate surface area is 168 Å². The van der Waals surface area contributed by atoms with Gasteiger partial charge in [-0.1, -0.05) is 49.0 Å². The van der Waals surface area contributed by atoms with Crippen LogP contribution in [0.1, 0.15) is 25.8 Å². The lowest BCUT2D eigenvalue weighted by Gasteiger charge is -2.12. The van der Waals surface area contributed by atoms with E-state index in [-0.39, 0.29) is 23.5 Å². The number of nitrogens with one attached hydrogen (secondary N) is 1. The Hall–Kier alpha value is -2.67. The van der Waals surface area contributed by atoms with Crippen molar-refractivity contribution in [2.75, 3.05) is 5.75 Å². The SMILES string of the molecule is CCC(C)NC(=O)CSc1nnc(-c2ccc(F)cc2)n1Cc1ccccc1. The number of carbonyl (C=O) groups is 1. The van der Waals surface area contributed by atoms with E-state index in [0.29, 0.717) is 17.5 Å². The van der Waals surface area contributed by atoms with Crippen LogP contribution in [0.3, 0.4) is 0 Å². The van der Waals surface area contributed by atoms with Gasteiger partial charge in [0.2, 0.25) is 5.91 Å². The number of aromatic nitrogens is 3. The van der Waals surface area contributed by atoms with Crippen molar-refractivity contribution in [3.8, 4) is 11.4 Å². The topological polar surface area (TPSA) is 59.8 Å². The van der Waals surface area contributed by atoms with E-state index in [1.165, 1.54) is 23.9 Å². The van der Waals surface area contributed by atoms with E-state index in [9.17, 15) is 9.18 Å². The molecule has 0 bridgehead atoms. The zero-order valence-corrected chi connectivity index (χ0v) is 16.7. The molecule has 3 aromatic rings. The Bertz CT molecular complexity index is 912. The summed E-state index contributed by atoms with van der Waals surface area (Å²) in [4.78, 5) is 12.1. The van der Waals surface area contributed by atoms with E-state index >= 15 is 0 Å². The number of amides is 1. The third kappa shape index (κ3) is 5.19. The van der Waals surface area contributed by atoms with E-state index in [4.69, 9.17) is 0 Å². The first-order valence-corrected chi connectivity index (χ1v) is 10.2. The van der Waals surface area contributed by atoms with Crippen molar-refractivity contribution < 1.29 is 9.18 Å². The van der Waals surface area contributed by atoms with Gasteiger partial charge in [0.15, 0.2) is 11.0 Å². The normalized spacial score (nSPS) is 12.0. The molecule has 3 rings (SSSR count). The highest BCUT2D eigenvalue weighted by molar-refractivity contribution is 7.99. The van der Waals surface area contributed by atoms with Gasteiger partial charge in [0, 0.05) is 11.6 Å². The van der Waals surface area contributed by atoms with Crippen LogP contribution in [0.15, 0.2) is 59.8 Å². The molecule has 0 radical (unpaired) electrons. The van der Waals surface area contributed by atoms with Crippen molar-refractivity contribution in [3.63, 3.8) is 0 Å². The van der Waals surface area contributed by atoms with Crippen LogP contribution in [0.25, 0.3) is 11.4 Å². The largest absolute Gasteiger partial charge is 0.353 e. The summed E-state index contributed by atoms with van der Waals surface area (Å²) in [5.74, 6) is 0.584. The average molecular weight is 399 g/mol. The second-order valence-electron chi connectivity index (χ2n) is 6.55. The van der Waals surface area contributed by atoms with Gasteiger partial charge in [-0.3, -0.25) is 9.36 Å². The smallest absolute Gasteiger partial charge is 0.230 e. The molecule has 146 valence electrons. The average Bonchev–Trinajstić information content (AvgIpc) is 3.10. The van der Waals surface area contributed by atoms with E-state index < -0.39 is 0 Å². The summed E-state index contributed by atoms with van der Waals surface area (Å²) in [5, 5.41) is 12.2. The Kier molecular flexibility index (Phi) is 6.81. The quantitative estimate of drug-likeness (QED) is 0.580. The van der Waals surface area contributed by atoms with E-state index in [1.807, 2.05) is 48.7 Å². The fraction of sp³-hybridized carbons (Fsp3) is 0.286. The maximum Gasteiger partial charge on any atom is 0.230 e. The van der Waals surface area contributed by atoms with Crippen LogP contribution in [-0.2, 0) is 11.3 Å². The first kappa shape index (κ1) is 20.1. The molecule has 7 heteroatoms. The lowest BCUT2D eigenvalue weighted by atomic mass is 10.2.